The second kappa shape index (κ2) is 12.8. The van der Waals surface area contributed by atoms with Crippen LogP contribution in [0.15, 0.2) is 0 Å². The Morgan fingerprint density at radius 3 is 2.29 bits per heavy atom. The Hall–Kier alpha value is -0.230. The molecule has 0 amide bonds. The molecule has 0 aliphatic carbocycles. The second-order valence-electron chi connectivity index (χ2n) is 3.07. The zero-order valence-electron chi connectivity index (χ0n) is 8.57. The molecule has 14 heavy (non-hydrogen) atoms. The molecule has 0 aromatic heterocycles. The molecule has 3 heteroatoms. The summed E-state index contributed by atoms with van der Waals surface area (Å²) in [7, 11) is 0. The minimum Gasteiger partial charge on any atom is -0.550 e. The maximum absolute atomic E-state index is 10.0. The van der Waals surface area contributed by atoms with Crippen LogP contribution in [0.1, 0.15) is 51.9 Å². The molecule has 0 fully saturated rings. The number of carboxylic acid groups (broad SMARTS) is 1. The zero-order chi connectivity index (χ0) is 9.94. The molecule has 0 heterocycles. The van der Waals surface area contributed by atoms with E-state index >= 15 is 0 Å². The summed E-state index contributed by atoms with van der Waals surface area (Å²) in [4.78, 5) is 10.0. The van der Waals surface area contributed by atoms with Crippen LogP contribution in [0.3, 0.4) is 0 Å². The molecule has 0 N–H and O–H groups in total. The Balaban J connectivity index is 0. The van der Waals surface area contributed by atoms with Gasteiger partial charge in [0.15, 0.2) is 0 Å². The molecule has 0 spiro atoms. The number of hydrogen-bond acceptors (Lipinski definition) is 2. The van der Waals surface area contributed by atoms with E-state index in [0.29, 0.717) is 0 Å². The fourth-order valence-corrected chi connectivity index (χ4v) is 1.14. The van der Waals surface area contributed by atoms with Gasteiger partial charge in [-0.15, -0.1) is 11.8 Å². The Morgan fingerprint density at radius 2 is 1.71 bits per heavy atom. The van der Waals surface area contributed by atoms with Gasteiger partial charge in [0, 0.05) is 12.4 Å². The topological polar surface area (TPSA) is 40.1 Å². The van der Waals surface area contributed by atoms with Crippen molar-refractivity contribution in [2.45, 2.75) is 51.9 Å². The van der Waals surface area contributed by atoms with Crippen molar-refractivity contribution in [1.29, 1.82) is 0 Å². The number of rotatable bonds is 7. The van der Waals surface area contributed by atoms with Gasteiger partial charge in [0.05, 0.1) is 0 Å². The van der Waals surface area contributed by atoms with Gasteiger partial charge < -0.3 is 9.90 Å². The molecule has 84 valence electrons. The van der Waals surface area contributed by atoms with Crippen LogP contribution in [-0.2, 0) is 27.2 Å². The van der Waals surface area contributed by atoms with Gasteiger partial charge in [0.25, 0.3) is 0 Å². The van der Waals surface area contributed by atoms with E-state index in [0.717, 1.165) is 38.5 Å². The first-order valence-corrected chi connectivity index (χ1v) is 4.87. The third-order valence-electron chi connectivity index (χ3n) is 1.86. The molecule has 0 saturated heterocycles. The molecule has 0 rings (SSSR count). The Labute approximate surface area is 102 Å². The van der Waals surface area contributed by atoms with Crippen molar-refractivity contribution in [1.82, 2.24) is 0 Å². The molecular formula is C11H17AgO2. The normalized spacial score (nSPS) is 8.36. The molecule has 0 aliphatic heterocycles. The molecule has 0 bridgehead atoms. The molecule has 0 aromatic carbocycles. The summed E-state index contributed by atoms with van der Waals surface area (Å²) < 4.78 is 0. The van der Waals surface area contributed by atoms with Gasteiger partial charge in [-0.05, 0) is 26.2 Å². The number of unbranched alkanes of at least 4 members (excludes halogenated alkanes) is 5. The van der Waals surface area contributed by atoms with Crippen LogP contribution in [-0.4, -0.2) is 5.97 Å². The molecule has 0 aromatic rings. The van der Waals surface area contributed by atoms with Gasteiger partial charge in [-0.2, -0.15) is 0 Å². The Kier molecular flexibility index (Phi) is 14.8. The number of aliphatic carboxylic acids is 1. The fourth-order valence-electron chi connectivity index (χ4n) is 1.14. The first-order chi connectivity index (χ1) is 6.27. The molecule has 2 nitrogen and oxygen atoms in total. The van der Waals surface area contributed by atoms with Crippen molar-refractivity contribution in [2.75, 3.05) is 0 Å². The van der Waals surface area contributed by atoms with Gasteiger partial charge in [-0.3, -0.25) is 0 Å². The van der Waals surface area contributed by atoms with Crippen molar-refractivity contribution in [3.63, 3.8) is 0 Å². The SMILES string of the molecule is CC#CCCCCCCCC(=O)[O-].[Ag+]. The summed E-state index contributed by atoms with van der Waals surface area (Å²) in [6.45, 7) is 1.85. The maximum atomic E-state index is 10.0. The van der Waals surface area contributed by atoms with Crippen molar-refractivity contribution < 1.29 is 32.3 Å². The van der Waals surface area contributed by atoms with E-state index in [1.54, 1.807) is 0 Å². The van der Waals surface area contributed by atoms with Crippen LogP contribution in [0.25, 0.3) is 0 Å². The van der Waals surface area contributed by atoms with Crippen LogP contribution in [0.4, 0.5) is 0 Å². The Morgan fingerprint density at radius 1 is 1.14 bits per heavy atom. The van der Waals surface area contributed by atoms with Crippen molar-refractivity contribution in [3.8, 4) is 11.8 Å². The third kappa shape index (κ3) is 14.3. The van der Waals surface area contributed by atoms with Gasteiger partial charge >= 0.3 is 22.4 Å². The minimum atomic E-state index is -0.933. The molecule has 0 aliphatic rings. The van der Waals surface area contributed by atoms with Crippen molar-refractivity contribution >= 4 is 5.97 Å². The summed E-state index contributed by atoms with van der Waals surface area (Å²) in [5, 5.41) is 10.0. The predicted molar refractivity (Wildman–Crippen MR) is 50.8 cm³/mol. The molecule has 0 unspecified atom stereocenters. The first-order valence-electron chi connectivity index (χ1n) is 4.87. The van der Waals surface area contributed by atoms with E-state index in [1.807, 2.05) is 6.92 Å². The van der Waals surface area contributed by atoms with E-state index in [-0.39, 0.29) is 28.8 Å². The van der Waals surface area contributed by atoms with Crippen LogP contribution < -0.4 is 5.11 Å². The largest absolute Gasteiger partial charge is 1.00 e. The summed E-state index contributed by atoms with van der Waals surface area (Å²) in [5.41, 5.74) is 0. The average molecular weight is 289 g/mol. The first kappa shape index (κ1) is 16.2. The van der Waals surface area contributed by atoms with Crippen LogP contribution in [0.2, 0.25) is 0 Å². The molecule has 0 atom stereocenters. The number of carboxylic acids is 1. The summed E-state index contributed by atoms with van der Waals surface area (Å²) in [6, 6.07) is 0. The predicted octanol–water partition coefficient (Wildman–Crippen LogP) is 1.49. The maximum Gasteiger partial charge on any atom is 1.00 e. The summed E-state index contributed by atoms with van der Waals surface area (Å²) in [5.74, 6) is 4.92. The van der Waals surface area contributed by atoms with E-state index in [1.165, 1.54) is 0 Å². The minimum absolute atomic E-state index is 0. The fraction of sp³-hybridized carbons (Fsp3) is 0.727. The van der Waals surface area contributed by atoms with Gasteiger partial charge in [-0.25, -0.2) is 0 Å². The van der Waals surface area contributed by atoms with Crippen molar-refractivity contribution in [2.24, 2.45) is 0 Å². The monoisotopic (exact) mass is 288 g/mol. The van der Waals surface area contributed by atoms with E-state index in [2.05, 4.69) is 11.8 Å². The summed E-state index contributed by atoms with van der Waals surface area (Å²) >= 11 is 0. The van der Waals surface area contributed by atoms with Crippen molar-refractivity contribution in [3.05, 3.63) is 0 Å². The quantitative estimate of drug-likeness (QED) is 0.405. The van der Waals surface area contributed by atoms with Crippen LogP contribution in [0, 0.1) is 11.8 Å². The van der Waals surface area contributed by atoms with Crippen LogP contribution in [0.5, 0.6) is 0 Å². The van der Waals surface area contributed by atoms with Gasteiger partial charge in [-0.1, -0.05) is 19.3 Å². The van der Waals surface area contributed by atoms with Gasteiger partial charge in [0.1, 0.15) is 0 Å². The van der Waals surface area contributed by atoms with Crippen LogP contribution >= 0.6 is 0 Å². The standard InChI is InChI=1S/C11H18O2.Ag/c1-2-3-4-5-6-7-8-9-10-11(12)13;/h4-10H2,1H3,(H,12,13);/q;+1/p-1. The zero-order valence-corrected chi connectivity index (χ0v) is 10.1. The molecule has 0 radical (unpaired) electrons. The van der Waals surface area contributed by atoms with Gasteiger partial charge in [0.2, 0.25) is 0 Å². The van der Waals surface area contributed by atoms with E-state index in [4.69, 9.17) is 0 Å². The second-order valence-corrected chi connectivity index (χ2v) is 3.07. The Bertz CT molecular complexity index is 191. The number of carbonyl (C=O) groups is 1. The smallest absolute Gasteiger partial charge is 0.550 e. The van der Waals surface area contributed by atoms with E-state index < -0.39 is 5.97 Å². The molecular weight excluding hydrogens is 272 g/mol. The number of carbonyl (C=O) groups excluding carboxylic acids is 1. The third-order valence-corrected chi connectivity index (χ3v) is 1.86. The number of hydrogen-bond donors (Lipinski definition) is 0. The van der Waals surface area contributed by atoms with E-state index in [9.17, 15) is 9.90 Å². The molecule has 0 saturated carbocycles. The summed E-state index contributed by atoms with van der Waals surface area (Å²) in [6.07, 6.45) is 6.31. The average Bonchev–Trinajstić information content (AvgIpc) is 2.09.